The van der Waals surface area contributed by atoms with E-state index < -0.39 is 0 Å². The van der Waals surface area contributed by atoms with Gasteiger partial charge in [0.05, 0.1) is 36.2 Å². The van der Waals surface area contributed by atoms with E-state index in [2.05, 4.69) is 15.3 Å². The first-order chi connectivity index (χ1) is 13.0. The van der Waals surface area contributed by atoms with Crippen molar-refractivity contribution in [2.45, 2.75) is 32.7 Å². The van der Waals surface area contributed by atoms with Crippen LogP contribution in [0.2, 0.25) is 0 Å². The number of nitrogens with one attached hydrogen (secondary N) is 3. The van der Waals surface area contributed by atoms with Crippen LogP contribution in [0.5, 0.6) is 0 Å². The molecule has 3 N–H and O–H groups in total. The second-order valence-electron chi connectivity index (χ2n) is 7.03. The molecule has 3 aromatic rings. The lowest BCUT2D eigenvalue weighted by Crippen LogP contribution is -3.11. The minimum atomic E-state index is -0.194. The number of furan rings is 1. The van der Waals surface area contributed by atoms with Gasteiger partial charge < -0.3 is 19.6 Å². The average molecular weight is 387 g/mol. The first-order valence-corrected chi connectivity index (χ1v) is 10.0. The number of hydrogen-bond donors (Lipinski definition) is 3. The summed E-state index contributed by atoms with van der Waals surface area (Å²) >= 11 is 1.27. The number of likely N-dealkylation sites (tertiary alicyclic amines) is 1. The van der Waals surface area contributed by atoms with Gasteiger partial charge in [0.25, 0.3) is 11.5 Å². The zero-order valence-corrected chi connectivity index (χ0v) is 16.2. The molecule has 4 heterocycles. The minimum Gasteiger partial charge on any atom is -0.463 e. The quantitative estimate of drug-likeness (QED) is 0.616. The van der Waals surface area contributed by atoms with E-state index in [0.717, 1.165) is 18.8 Å². The van der Waals surface area contributed by atoms with Crippen LogP contribution in [0.15, 0.2) is 27.6 Å². The van der Waals surface area contributed by atoms with Crippen molar-refractivity contribution in [3.8, 4) is 0 Å². The Labute approximate surface area is 160 Å². The Bertz CT molecular complexity index is 1020. The van der Waals surface area contributed by atoms with Crippen molar-refractivity contribution in [1.29, 1.82) is 0 Å². The fraction of sp³-hybridized carbons (Fsp3) is 0.421. The van der Waals surface area contributed by atoms with Crippen LogP contribution in [0, 0.1) is 13.8 Å². The summed E-state index contributed by atoms with van der Waals surface area (Å²) in [6, 6.07) is 3.96. The number of hydrogen-bond acceptors (Lipinski definition) is 5. The van der Waals surface area contributed by atoms with Gasteiger partial charge in [-0.15, -0.1) is 11.3 Å². The Hall–Kier alpha value is -2.45. The van der Waals surface area contributed by atoms with E-state index in [1.807, 2.05) is 12.1 Å². The predicted molar refractivity (Wildman–Crippen MR) is 103 cm³/mol. The van der Waals surface area contributed by atoms with Gasteiger partial charge >= 0.3 is 0 Å². The van der Waals surface area contributed by atoms with Gasteiger partial charge in [-0.1, -0.05) is 0 Å². The summed E-state index contributed by atoms with van der Waals surface area (Å²) in [6.07, 6.45) is 4.07. The summed E-state index contributed by atoms with van der Waals surface area (Å²) in [5, 5.41) is 3.55. The lowest BCUT2D eigenvalue weighted by molar-refractivity contribution is -0.919. The smallest absolute Gasteiger partial charge is 0.261 e. The van der Waals surface area contributed by atoms with Gasteiger partial charge in [-0.3, -0.25) is 9.59 Å². The highest BCUT2D eigenvalue weighted by Crippen LogP contribution is 2.26. The number of H-pyrrole nitrogens is 1. The van der Waals surface area contributed by atoms with Crippen LogP contribution in [0.4, 0.5) is 0 Å². The predicted octanol–water partition coefficient (Wildman–Crippen LogP) is 1.34. The van der Waals surface area contributed by atoms with E-state index in [4.69, 9.17) is 4.42 Å². The molecule has 8 heteroatoms. The van der Waals surface area contributed by atoms with Crippen molar-refractivity contribution < 1.29 is 14.1 Å². The molecule has 1 atom stereocenters. The molecule has 0 saturated carbocycles. The van der Waals surface area contributed by atoms with Crippen LogP contribution in [-0.2, 0) is 0 Å². The molecule has 0 radical (unpaired) electrons. The van der Waals surface area contributed by atoms with Crippen molar-refractivity contribution in [2.24, 2.45) is 0 Å². The van der Waals surface area contributed by atoms with Crippen LogP contribution in [0.3, 0.4) is 0 Å². The van der Waals surface area contributed by atoms with Crippen molar-refractivity contribution in [2.75, 3.05) is 19.6 Å². The van der Waals surface area contributed by atoms with Crippen molar-refractivity contribution in [3.63, 3.8) is 0 Å². The van der Waals surface area contributed by atoms with Crippen LogP contribution in [-0.4, -0.2) is 35.5 Å². The summed E-state index contributed by atoms with van der Waals surface area (Å²) in [7, 11) is 0. The molecule has 1 saturated heterocycles. The number of carbonyl (C=O) groups excluding carboxylic acids is 1. The summed E-state index contributed by atoms with van der Waals surface area (Å²) in [5.74, 6) is 1.29. The van der Waals surface area contributed by atoms with E-state index in [-0.39, 0.29) is 17.5 Å². The average Bonchev–Trinajstić information content (AvgIpc) is 3.36. The SMILES string of the molecule is Cc1nc2sc(C(=O)NC[C@H](c3ccco3)[NH+]3CCCC3)c(C)c2c(=O)[nH]1. The first kappa shape index (κ1) is 17.9. The zero-order chi connectivity index (χ0) is 19.0. The monoisotopic (exact) mass is 387 g/mol. The number of fused-ring (bicyclic) bond motifs is 1. The molecule has 4 rings (SSSR count). The van der Waals surface area contributed by atoms with Gasteiger partial charge in [-0.05, 0) is 31.5 Å². The number of nitrogens with zero attached hydrogens (tertiary/aromatic N) is 1. The molecular formula is C19H23N4O3S+. The number of carbonyl (C=O) groups is 1. The van der Waals surface area contributed by atoms with Crippen LogP contribution >= 0.6 is 11.3 Å². The summed E-state index contributed by atoms with van der Waals surface area (Å²) in [5.41, 5.74) is 0.490. The number of aromatic nitrogens is 2. The third-order valence-corrected chi connectivity index (χ3v) is 6.40. The topological polar surface area (TPSA) is 92.4 Å². The molecule has 0 aromatic carbocycles. The third kappa shape index (κ3) is 3.42. The molecule has 1 aliphatic heterocycles. The molecular weight excluding hydrogens is 364 g/mol. The highest BCUT2D eigenvalue weighted by Gasteiger charge is 2.30. The number of thiophene rings is 1. The number of aryl methyl sites for hydroxylation is 2. The Kier molecular flexibility index (Phi) is 4.84. The molecule has 0 aliphatic carbocycles. The van der Waals surface area contributed by atoms with Gasteiger partial charge in [-0.2, -0.15) is 0 Å². The number of aromatic amines is 1. The molecule has 1 aliphatic rings. The van der Waals surface area contributed by atoms with E-state index in [9.17, 15) is 9.59 Å². The van der Waals surface area contributed by atoms with Gasteiger partial charge in [0, 0.05) is 12.8 Å². The van der Waals surface area contributed by atoms with Crippen LogP contribution < -0.4 is 15.8 Å². The fourth-order valence-corrected chi connectivity index (χ4v) is 5.00. The Morgan fingerprint density at radius 2 is 2.19 bits per heavy atom. The standard InChI is InChI=1S/C19H22N4O3S/c1-11-15-17(24)21-12(2)22-19(15)27-16(11)18(25)20-10-13(14-6-5-9-26-14)23-7-3-4-8-23/h5-6,9,13H,3-4,7-8,10H2,1-2H3,(H,20,25)(H,21,22,24)/p+1/t13-/m1/s1. The normalized spacial score (nSPS) is 16.1. The molecule has 142 valence electrons. The summed E-state index contributed by atoms with van der Waals surface area (Å²) < 4.78 is 5.62. The van der Waals surface area contributed by atoms with Crippen LogP contribution in [0.25, 0.3) is 10.2 Å². The van der Waals surface area contributed by atoms with Crippen LogP contribution in [0.1, 0.15) is 45.7 Å². The van der Waals surface area contributed by atoms with E-state index >= 15 is 0 Å². The molecule has 0 bridgehead atoms. The number of rotatable bonds is 5. The lowest BCUT2D eigenvalue weighted by Gasteiger charge is -2.23. The largest absolute Gasteiger partial charge is 0.463 e. The maximum absolute atomic E-state index is 12.8. The zero-order valence-electron chi connectivity index (χ0n) is 15.4. The maximum Gasteiger partial charge on any atom is 0.261 e. The summed E-state index contributed by atoms with van der Waals surface area (Å²) in [4.78, 5) is 34.7. The van der Waals surface area contributed by atoms with Gasteiger partial charge in [-0.25, -0.2) is 4.98 Å². The van der Waals surface area contributed by atoms with E-state index in [1.54, 1.807) is 20.1 Å². The Morgan fingerprint density at radius 1 is 1.41 bits per heavy atom. The molecule has 0 spiro atoms. The Morgan fingerprint density at radius 3 is 2.89 bits per heavy atom. The Balaban J connectivity index is 1.56. The second-order valence-corrected chi connectivity index (χ2v) is 8.03. The van der Waals surface area contributed by atoms with Crippen molar-refractivity contribution in [1.82, 2.24) is 15.3 Å². The lowest BCUT2D eigenvalue weighted by atomic mass is 10.1. The van der Waals surface area contributed by atoms with E-state index in [0.29, 0.717) is 33.0 Å². The fourth-order valence-electron chi connectivity index (χ4n) is 3.86. The highest BCUT2D eigenvalue weighted by molar-refractivity contribution is 7.20. The minimum absolute atomic E-state index is 0.102. The first-order valence-electron chi connectivity index (χ1n) is 9.21. The van der Waals surface area contributed by atoms with E-state index in [1.165, 1.54) is 29.1 Å². The highest BCUT2D eigenvalue weighted by atomic mass is 32.1. The number of amides is 1. The number of quaternary nitrogens is 1. The van der Waals surface area contributed by atoms with Crippen molar-refractivity contribution >= 4 is 27.5 Å². The molecule has 1 amide bonds. The van der Waals surface area contributed by atoms with Gasteiger partial charge in [0.15, 0.2) is 11.8 Å². The van der Waals surface area contributed by atoms with Gasteiger partial charge in [0.2, 0.25) is 0 Å². The molecule has 7 nitrogen and oxygen atoms in total. The maximum atomic E-state index is 12.8. The molecule has 0 unspecified atom stereocenters. The third-order valence-electron chi connectivity index (χ3n) is 5.22. The second kappa shape index (κ2) is 7.28. The molecule has 27 heavy (non-hydrogen) atoms. The molecule has 1 fully saturated rings. The van der Waals surface area contributed by atoms with Gasteiger partial charge in [0.1, 0.15) is 10.7 Å². The van der Waals surface area contributed by atoms with Crippen molar-refractivity contribution in [3.05, 3.63) is 50.8 Å². The summed E-state index contributed by atoms with van der Waals surface area (Å²) in [6.45, 7) is 6.21. The molecule has 3 aromatic heterocycles.